The van der Waals surface area contributed by atoms with E-state index in [2.05, 4.69) is 89.3 Å². The quantitative estimate of drug-likeness (QED) is 0.0643. The monoisotopic (exact) mass is 836 g/mol. The lowest BCUT2D eigenvalue weighted by atomic mass is 9.90. The van der Waals surface area contributed by atoms with E-state index in [1.807, 2.05) is 72.8 Å². The summed E-state index contributed by atoms with van der Waals surface area (Å²) in [6, 6.07) is 40.8. The van der Waals surface area contributed by atoms with Crippen LogP contribution in [0.25, 0.3) is 0 Å². The topological polar surface area (TPSA) is 81.7 Å². The molecule has 324 valence electrons. The minimum Gasteiger partial charge on any atom is -0.411 e. The van der Waals surface area contributed by atoms with E-state index < -0.39 is 26.1 Å². The van der Waals surface area contributed by atoms with Gasteiger partial charge < -0.3 is 32.8 Å². The maximum Gasteiger partial charge on any atom is 0.192 e. The first-order chi connectivity index (χ1) is 28.9. The van der Waals surface area contributed by atoms with Gasteiger partial charge in [-0.25, -0.2) is 0 Å². The zero-order chi connectivity index (χ0) is 42.4. The molecule has 0 bridgehead atoms. The number of Topliss-reactive ketones (excluding diaryl/α,β-unsaturated/α-hetero) is 1. The lowest BCUT2D eigenvalue weighted by molar-refractivity contribution is -0.216. The van der Waals surface area contributed by atoms with Gasteiger partial charge in [0.15, 0.2) is 14.1 Å². The lowest BCUT2D eigenvalue weighted by Crippen LogP contribution is -2.56. The Morgan fingerprint density at radius 3 is 1.75 bits per heavy atom. The van der Waals surface area contributed by atoms with Crippen LogP contribution in [0.1, 0.15) is 88.5 Å². The Labute approximate surface area is 360 Å². The van der Waals surface area contributed by atoms with Gasteiger partial charge in [-0.05, 0) is 66.6 Å². The first-order valence-electron chi connectivity index (χ1n) is 22.0. The van der Waals surface area contributed by atoms with Crippen LogP contribution in [0.3, 0.4) is 0 Å². The van der Waals surface area contributed by atoms with Crippen molar-refractivity contribution in [3.63, 3.8) is 0 Å². The Balaban J connectivity index is 1.22. The number of benzene rings is 4. The van der Waals surface area contributed by atoms with Crippen molar-refractivity contribution in [2.24, 2.45) is 0 Å². The fourth-order valence-electron chi connectivity index (χ4n) is 7.92. The van der Waals surface area contributed by atoms with Crippen molar-refractivity contribution in [3.8, 4) is 0 Å². The largest absolute Gasteiger partial charge is 0.411 e. The van der Waals surface area contributed by atoms with Gasteiger partial charge in [-0.2, -0.15) is 0 Å². The SMILES string of the molecule is CC(C)(C)[Si](C)(C)O[C@@H]1C[C@H](OCc2ccccc2)[C@@H](COCc2ccccc2)O[C@H]1C[C@H]1O[C@@](C)(CCCOCc2ccccc2)[C@H](OCc2ccccc2)CCC1=O. The van der Waals surface area contributed by atoms with E-state index in [0.29, 0.717) is 71.7 Å². The lowest BCUT2D eigenvalue weighted by Gasteiger charge is -2.47. The molecule has 0 aromatic heterocycles. The third-order valence-corrected chi connectivity index (χ3v) is 17.0. The molecule has 6 rings (SSSR count). The molecule has 2 aliphatic heterocycles. The molecule has 0 saturated carbocycles. The van der Waals surface area contributed by atoms with Crippen LogP contribution in [0.5, 0.6) is 0 Å². The first-order valence-corrected chi connectivity index (χ1v) is 24.9. The van der Waals surface area contributed by atoms with E-state index in [0.717, 1.165) is 28.7 Å². The fraction of sp³-hybridized carbons (Fsp3) is 0.510. The summed E-state index contributed by atoms with van der Waals surface area (Å²) in [7, 11) is -2.29. The molecule has 7 atom stereocenters. The second-order valence-corrected chi connectivity index (χ2v) is 23.0. The van der Waals surface area contributed by atoms with Gasteiger partial charge in [0.05, 0.1) is 63.1 Å². The number of hydrogen-bond donors (Lipinski definition) is 0. The second kappa shape index (κ2) is 22.0. The molecule has 0 aliphatic carbocycles. The highest BCUT2D eigenvalue weighted by molar-refractivity contribution is 6.74. The third-order valence-electron chi connectivity index (χ3n) is 12.5. The minimum atomic E-state index is -2.29. The molecule has 8 nitrogen and oxygen atoms in total. The van der Waals surface area contributed by atoms with Gasteiger partial charge in [0.1, 0.15) is 12.2 Å². The number of carbonyl (C=O) groups excluding carboxylic acids is 1. The van der Waals surface area contributed by atoms with Gasteiger partial charge in [-0.3, -0.25) is 4.79 Å². The number of ketones is 1. The van der Waals surface area contributed by atoms with Crippen molar-refractivity contribution in [1.82, 2.24) is 0 Å². The van der Waals surface area contributed by atoms with Gasteiger partial charge in [0, 0.05) is 25.9 Å². The van der Waals surface area contributed by atoms with Crippen molar-refractivity contribution in [2.45, 2.75) is 153 Å². The summed E-state index contributed by atoms with van der Waals surface area (Å²) in [4.78, 5) is 14.3. The summed E-state index contributed by atoms with van der Waals surface area (Å²) in [5.41, 5.74) is 3.67. The standard InChI is InChI=1S/C51H68O8Si/c1-50(2,3)60(5,6)59-47-33-45(55-36-41-24-15-9-16-25-41)48(38-54-35-40-22-13-8-14-23-40)57-46(47)32-44-43(52)28-29-49(56-37-42-26-17-10-18-27-42)51(4,58-44)30-19-31-53-34-39-20-11-7-12-21-39/h7-18,20-27,44-49H,19,28-38H2,1-6H3/t44-,45+,46+,47-,48-,49-,51+/m1/s1. The van der Waals surface area contributed by atoms with Crippen LogP contribution in [-0.2, 0) is 64.1 Å². The molecule has 0 N–H and O–H groups in total. The molecule has 4 aromatic rings. The summed E-state index contributed by atoms with van der Waals surface area (Å²) >= 11 is 0. The van der Waals surface area contributed by atoms with Crippen LogP contribution in [-0.4, -0.2) is 69.5 Å². The summed E-state index contributed by atoms with van der Waals surface area (Å²) < 4.78 is 47.3. The average Bonchev–Trinajstić information content (AvgIpc) is 3.35. The van der Waals surface area contributed by atoms with Crippen LogP contribution in [0, 0.1) is 0 Å². The van der Waals surface area contributed by atoms with Crippen molar-refractivity contribution < 1.29 is 37.6 Å². The Kier molecular flexibility index (Phi) is 16.9. The molecule has 2 saturated heterocycles. The predicted molar refractivity (Wildman–Crippen MR) is 239 cm³/mol. The predicted octanol–water partition coefficient (Wildman–Crippen LogP) is 10.8. The second-order valence-electron chi connectivity index (χ2n) is 18.3. The van der Waals surface area contributed by atoms with Gasteiger partial charge in [-0.15, -0.1) is 0 Å². The van der Waals surface area contributed by atoms with Crippen LogP contribution in [0.2, 0.25) is 18.1 Å². The van der Waals surface area contributed by atoms with E-state index in [4.69, 9.17) is 32.8 Å². The molecule has 0 spiro atoms. The first kappa shape index (κ1) is 46.0. The summed E-state index contributed by atoms with van der Waals surface area (Å²) in [6.45, 7) is 16.2. The highest BCUT2D eigenvalue weighted by atomic mass is 28.4. The Bertz CT molecular complexity index is 1840. The fourth-order valence-corrected chi connectivity index (χ4v) is 9.28. The maximum absolute atomic E-state index is 14.3. The Hall–Kier alpha value is -3.51. The van der Waals surface area contributed by atoms with E-state index in [9.17, 15) is 4.79 Å². The molecule has 2 heterocycles. The molecule has 4 aromatic carbocycles. The highest BCUT2D eigenvalue weighted by Crippen LogP contribution is 2.42. The normalized spacial score (nSPS) is 25.2. The molecule has 0 radical (unpaired) electrons. The van der Waals surface area contributed by atoms with E-state index in [1.165, 1.54) is 0 Å². The smallest absolute Gasteiger partial charge is 0.192 e. The van der Waals surface area contributed by atoms with Gasteiger partial charge in [-0.1, -0.05) is 142 Å². The maximum atomic E-state index is 14.3. The Morgan fingerprint density at radius 1 is 0.683 bits per heavy atom. The molecule has 0 unspecified atom stereocenters. The molecule has 2 aliphatic rings. The molecular formula is C51H68O8Si. The molecule has 9 heteroatoms. The van der Waals surface area contributed by atoms with Gasteiger partial charge in [0.2, 0.25) is 0 Å². The zero-order valence-electron chi connectivity index (χ0n) is 36.8. The van der Waals surface area contributed by atoms with Crippen LogP contribution >= 0.6 is 0 Å². The van der Waals surface area contributed by atoms with Crippen LogP contribution in [0.15, 0.2) is 121 Å². The van der Waals surface area contributed by atoms with E-state index >= 15 is 0 Å². The summed E-state index contributed by atoms with van der Waals surface area (Å²) in [6.07, 6.45) is 0.965. The minimum absolute atomic E-state index is 0.0350. The number of rotatable bonds is 20. The van der Waals surface area contributed by atoms with Crippen molar-refractivity contribution >= 4 is 14.1 Å². The van der Waals surface area contributed by atoms with Gasteiger partial charge >= 0.3 is 0 Å². The van der Waals surface area contributed by atoms with Gasteiger partial charge in [0.25, 0.3) is 0 Å². The molecule has 2 fully saturated rings. The van der Waals surface area contributed by atoms with Crippen molar-refractivity contribution in [3.05, 3.63) is 144 Å². The Morgan fingerprint density at radius 2 is 1.20 bits per heavy atom. The third kappa shape index (κ3) is 13.5. The van der Waals surface area contributed by atoms with Crippen LogP contribution < -0.4 is 0 Å². The van der Waals surface area contributed by atoms with Crippen molar-refractivity contribution in [2.75, 3.05) is 13.2 Å². The van der Waals surface area contributed by atoms with Crippen LogP contribution in [0.4, 0.5) is 0 Å². The summed E-state index contributed by atoms with van der Waals surface area (Å²) in [5, 5.41) is -0.0350. The van der Waals surface area contributed by atoms with E-state index in [1.54, 1.807) is 0 Å². The number of hydrogen-bond acceptors (Lipinski definition) is 8. The molecule has 0 amide bonds. The van der Waals surface area contributed by atoms with E-state index in [-0.39, 0.29) is 35.2 Å². The number of ether oxygens (including phenoxy) is 6. The molecule has 60 heavy (non-hydrogen) atoms. The summed E-state index contributed by atoms with van der Waals surface area (Å²) in [5.74, 6) is 0.0707. The average molecular weight is 837 g/mol. The molecular weight excluding hydrogens is 769 g/mol. The number of carbonyl (C=O) groups is 1. The highest BCUT2D eigenvalue weighted by Gasteiger charge is 2.49. The van der Waals surface area contributed by atoms with Crippen molar-refractivity contribution in [1.29, 1.82) is 0 Å². The zero-order valence-corrected chi connectivity index (χ0v) is 37.8.